The van der Waals surface area contributed by atoms with Crippen LogP contribution in [0, 0.1) is 0 Å². The number of methoxy groups -OCH3 is 1. The zero-order valence-electron chi connectivity index (χ0n) is 11.1. The standard InChI is InChI=1S/C13H18N4O2/c1-16(14)10-5-3-4-8-9-6-7-17(13(18)19-2)12(9)15-11(8)10/h3-5,9,12,15H,6-7,14H2,1-2H3/t9-,12-/m1/s1. The number of para-hydroxylation sites is 1. The molecule has 6 heteroatoms. The van der Waals surface area contributed by atoms with Crippen LogP contribution in [0.25, 0.3) is 0 Å². The molecule has 3 rings (SSSR count). The van der Waals surface area contributed by atoms with Crippen molar-refractivity contribution in [1.82, 2.24) is 4.90 Å². The van der Waals surface area contributed by atoms with Crippen molar-refractivity contribution < 1.29 is 9.53 Å². The Morgan fingerprint density at radius 2 is 2.37 bits per heavy atom. The lowest BCUT2D eigenvalue weighted by molar-refractivity contribution is 0.122. The molecule has 1 fully saturated rings. The van der Waals surface area contributed by atoms with E-state index < -0.39 is 0 Å². The number of nitrogens with two attached hydrogens (primary N) is 1. The van der Waals surface area contributed by atoms with Crippen LogP contribution < -0.4 is 16.2 Å². The van der Waals surface area contributed by atoms with Crippen LogP contribution in [0.1, 0.15) is 17.9 Å². The molecule has 0 spiro atoms. The zero-order valence-corrected chi connectivity index (χ0v) is 11.1. The number of nitrogens with one attached hydrogen (secondary N) is 1. The quantitative estimate of drug-likeness (QED) is 0.589. The van der Waals surface area contributed by atoms with Gasteiger partial charge in [-0.15, -0.1) is 0 Å². The van der Waals surface area contributed by atoms with Gasteiger partial charge in [-0.05, 0) is 18.1 Å². The van der Waals surface area contributed by atoms with E-state index in [0.29, 0.717) is 5.92 Å². The van der Waals surface area contributed by atoms with Gasteiger partial charge < -0.3 is 15.1 Å². The Morgan fingerprint density at radius 3 is 3.05 bits per heavy atom. The Morgan fingerprint density at radius 1 is 1.58 bits per heavy atom. The summed E-state index contributed by atoms with van der Waals surface area (Å²) in [6, 6.07) is 6.07. The minimum absolute atomic E-state index is 0.0245. The first-order valence-corrected chi connectivity index (χ1v) is 6.36. The molecule has 2 heterocycles. The molecular formula is C13H18N4O2. The predicted octanol–water partition coefficient (Wildman–Crippen LogP) is 1.30. The fourth-order valence-corrected chi connectivity index (χ4v) is 3.08. The van der Waals surface area contributed by atoms with Gasteiger partial charge in [0.2, 0.25) is 0 Å². The number of likely N-dealkylation sites (tertiary alicyclic amines) is 1. The maximum atomic E-state index is 11.8. The lowest BCUT2D eigenvalue weighted by Crippen LogP contribution is -2.40. The van der Waals surface area contributed by atoms with Crippen molar-refractivity contribution in [2.24, 2.45) is 5.84 Å². The number of hydrogen-bond acceptors (Lipinski definition) is 5. The molecule has 0 bridgehead atoms. The topological polar surface area (TPSA) is 70.8 Å². The van der Waals surface area contributed by atoms with Crippen molar-refractivity contribution in [2.45, 2.75) is 18.5 Å². The first-order chi connectivity index (χ1) is 9.13. The van der Waals surface area contributed by atoms with Gasteiger partial charge in [0.1, 0.15) is 6.17 Å². The van der Waals surface area contributed by atoms with Crippen LogP contribution in [0.3, 0.4) is 0 Å². The highest BCUT2D eigenvalue weighted by atomic mass is 16.5. The van der Waals surface area contributed by atoms with Crippen molar-refractivity contribution in [3.63, 3.8) is 0 Å². The third kappa shape index (κ3) is 1.71. The van der Waals surface area contributed by atoms with Crippen LogP contribution in [0.2, 0.25) is 0 Å². The van der Waals surface area contributed by atoms with E-state index in [2.05, 4.69) is 11.4 Å². The van der Waals surface area contributed by atoms with Gasteiger partial charge in [0.25, 0.3) is 0 Å². The van der Waals surface area contributed by atoms with E-state index in [0.717, 1.165) is 24.3 Å². The summed E-state index contributed by atoms with van der Waals surface area (Å²) in [5.41, 5.74) is 3.19. The molecule has 2 aliphatic heterocycles. The molecule has 1 aromatic carbocycles. The van der Waals surface area contributed by atoms with Gasteiger partial charge in [0.15, 0.2) is 0 Å². The van der Waals surface area contributed by atoms with E-state index in [4.69, 9.17) is 10.6 Å². The fraction of sp³-hybridized carbons (Fsp3) is 0.462. The number of carbonyl (C=O) groups excluding carboxylic acids is 1. The van der Waals surface area contributed by atoms with Crippen LogP contribution >= 0.6 is 0 Å². The van der Waals surface area contributed by atoms with Crippen molar-refractivity contribution in [3.05, 3.63) is 23.8 Å². The molecule has 3 N–H and O–H groups in total. The average molecular weight is 262 g/mol. The summed E-state index contributed by atoms with van der Waals surface area (Å²) in [4.78, 5) is 13.5. The summed E-state index contributed by atoms with van der Waals surface area (Å²) < 4.78 is 4.83. The van der Waals surface area contributed by atoms with Crippen molar-refractivity contribution in [2.75, 3.05) is 31.0 Å². The summed E-state index contributed by atoms with van der Waals surface area (Å²) in [6.07, 6.45) is 0.635. The molecule has 1 aromatic rings. The number of carbonyl (C=O) groups is 1. The maximum absolute atomic E-state index is 11.8. The molecule has 0 saturated carbocycles. The second-order valence-electron chi connectivity index (χ2n) is 5.00. The highest BCUT2D eigenvalue weighted by Gasteiger charge is 2.44. The number of rotatable bonds is 1. The van der Waals surface area contributed by atoms with Gasteiger partial charge in [-0.25, -0.2) is 10.6 Å². The third-order valence-corrected chi connectivity index (χ3v) is 3.95. The first-order valence-electron chi connectivity index (χ1n) is 6.36. The van der Waals surface area contributed by atoms with Gasteiger partial charge in [0, 0.05) is 19.5 Å². The van der Waals surface area contributed by atoms with Gasteiger partial charge in [0.05, 0.1) is 18.5 Å². The van der Waals surface area contributed by atoms with Crippen LogP contribution in [0.4, 0.5) is 16.2 Å². The van der Waals surface area contributed by atoms with Gasteiger partial charge in [-0.1, -0.05) is 12.1 Å². The first kappa shape index (κ1) is 12.1. The Hall–Kier alpha value is -1.95. The average Bonchev–Trinajstić information content (AvgIpc) is 2.95. The third-order valence-electron chi connectivity index (χ3n) is 3.95. The predicted molar refractivity (Wildman–Crippen MR) is 72.9 cm³/mol. The summed E-state index contributed by atoms with van der Waals surface area (Å²) in [6.45, 7) is 0.719. The van der Waals surface area contributed by atoms with E-state index in [1.807, 2.05) is 19.2 Å². The minimum Gasteiger partial charge on any atom is -0.453 e. The number of ether oxygens (including phenoxy) is 1. The molecule has 2 aliphatic rings. The smallest absolute Gasteiger partial charge is 0.411 e. The molecule has 0 aliphatic carbocycles. The van der Waals surface area contributed by atoms with Crippen molar-refractivity contribution in [1.29, 1.82) is 0 Å². The minimum atomic E-state index is -0.282. The van der Waals surface area contributed by atoms with Gasteiger partial charge in [-0.3, -0.25) is 4.90 Å². The van der Waals surface area contributed by atoms with E-state index >= 15 is 0 Å². The SMILES string of the molecule is COC(=O)N1CC[C@@H]2c3cccc(N(C)N)c3N[C@@H]21. The molecule has 6 nitrogen and oxygen atoms in total. The molecule has 1 saturated heterocycles. The molecular weight excluding hydrogens is 244 g/mol. The molecule has 0 aromatic heterocycles. The normalized spacial score (nSPS) is 23.6. The lowest BCUT2D eigenvalue weighted by atomic mass is 9.98. The molecule has 1 amide bonds. The lowest BCUT2D eigenvalue weighted by Gasteiger charge is -2.24. The Bertz CT molecular complexity index is 517. The molecule has 2 atom stereocenters. The van der Waals surface area contributed by atoms with Crippen LogP contribution in [0.15, 0.2) is 18.2 Å². The van der Waals surface area contributed by atoms with Crippen LogP contribution in [-0.2, 0) is 4.74 Å². The number of fused-ring (bicyclic) bond motifs is 3. The summed E-state index contributed by atoms with van der Waals surface area (Å²) >= 11 is 0. The van der Waals surface area contributed by atoms with Crippen LogP contribution in [0.5, 0.6) is 0 Å². The largest absolute Gasteiger partial charge is 0.453 e. The Kier molecular flexibility index (Phi) is 2.74. The highest BCUT2D eigenvalue weighted by molar-refractivity contribution is 5.79. The number of anilines is 2. The second kappa shape index (κ2) is 4.31. The van der Waals surface area contributed by atoms with E-state index in [1.165, 1.54) is 12.7 Å². The number of amides is 1. The summed E-state index contributed by atoms with van der Waals surface area (Å²) in [5, 5.41) is 5.01. The maximum Gasteiger partial charge on any atom is 0.411 e. The Balaban J connectivity index is 1.96. The van der Waals surface area contributed by atoms with Gasteiger partial charge >= 0.3 is 6.09 Å². The highest BCUT2D eigenvalue weighted by Crippen LogP contribution is 2.46. The molecule has 102 valence electrons. The van der Waals surface area contributed by atoms with Crippen LogP contribution in [-0.4, -0.2) is 37.9 Å². The van der Waals surface area contributed by atoms with Crippen molar-refractivity contribution in [3.8, 4) is 0 Å². The molecule has 0 radical (unpaired) electrons. The fourth-order valence-electron chi connectivity index (χ4n) is 3.08. The Labute approximate surface area is 112 Å². The molecule has 19 heavy (non-hydrogen) atoms. The van der Waals surface area contributed by atoms with E-state index in [9.17, 15) is 4.79 Å². The number of hydrazine groups is 1. The second-order valence-corrected chi connectivity index (χ2v) is 5.00. The number of hydrogen-bond donors (Lipinski definition) is 2. The summed E-state index contributed by atoms with van der Waals surface area (Å²) in [7, 11) is 3.22. The number of benzene rings is 1. The molecule has 0 unspecified atom stereocenters. The summed E-state index contributed by atoms with van der Waals surface area (Å²) in [5.74, 6) is 6.16. The number of nitrogens with zero attached hydrogens (tertiary/aromatic N) is 2. The monoisotopic (exact) mass is 262 g/mol. The van der Waals surface area contributed by atoms with Gasteiger partial charge in [-0.2, -0.15) is 0 Å². The zero-order chi connectivity index (χ0) is 13.6. The van der Waals surface area contributed by atoms with E-state index in [-0.39, 0.29) is 12.3 Å². The van der Waals surface area contributed by atoms with E-state index in [1.54, 1.807) is 9.91 Å². The van der Waals surface area contributed by atoms with Crippen molar-refractivity contribution >= 4 is 17.5 Å².